The van der Waals surface area contributed by atoms with Gasteiger partial charge in [0.1, 0.15) is 13.6 Å². The molecular weight excluding hydrogens is 372 g/mol. The van der Waals surface area contributed by atoms with E-state index in [2.05, 4.69) is 39.3 Å². The highest BCUT2D eigenvalue weighted by atomic mass is 28.5. The third-order valence-electron chi connectivity index (χ3n) is 3.58. The Labute approximate surface area is 158 Å². The monoisotopic (exact) mass is 412 g/mol. The van der Waals surface area contributed by atoms with Crippen LogP contribution in [-0.4, -0.2) is 66.2 Å². The second-order valence-electron chi connectivity index (χ2n) is 7.96. The summed E-state index contributed by atoms with van der Waals surface area (Å²) in [6, 6.07) is 2.15. The average Bonchev–Trinajstić information content (AvgIpc) is 2.44. The Balaban J connectivity index is 4.24. The van der Waals surface area contributed by atoms with Crippen LogP contribution < -0.4 is 0 Å². The molecule has 0 rings (SSSR count). The molecule has 0 aliphatic rings. The molecule has 9 heteroatoms. The predicted molar refractivity (Wildman–Crippen MR) is 109 cm³/mol. The molecule has 0 spiro atoms. The number of hydrogen-bond donors (Lipinski definition) is 0. The van der Waals surface area contributed by atoms with Crippen LogP contribution in [0.3, 0.4) is 0 Å². The van der Waals surface area contributed by atoms with Crippen LogP contribution in [0.15, 0.2) is 0 Å². The first-order valence-corrected chi connectivity index (χ1v) is 18.1. The van der Waals surface area contributed by atoms with Crippen LogP contribution in [0.4, 0.5) is 0 Å². The largest absolute Gasteiger partial charge is 0.437 e. The molecule has 0 aliphatic heterocycles. The Morgan fingerprint density at radius 2 is 0.960 bits per heavy atom. The SMILES string of the molecule is COCOCCC[Si](C)(C)O[Si](C)(C)O[Si](C)(C)CCCOCOC. The van der Waals surface area contributed by atoms with E-state index in [1.54, 1.807) is 14.2 Å². The Hall–Kier alpha value is 0.411. The molecule has 0 aromatic carbocycles. The summed E-state index contributed by atoms with van der Waals surface area (Å²) in [4.78, 5) is 0. The Morgan fingerprint density at radius 1 is 0.600 bits per heavy atom. The van der Waals surface area contributed by atoms with E-state index >= 15 is 0 Å². The molecule has 0 aliphatic carbocycles. The van der Waals surface area contributed by atoms with E-state index in [9.17, 15) is 0 Å². The van der Waals surface area contributed by atoms with E-state index in [1.807, 2.05) is 0 Å². The molecule has 25 heavy (non-hydrogen) atoms. The fourth-order valence-corrected chi connectivity index (χ4v) is 16.9. The van der Waals surface area contributed by atoms with Gasteiger partial charge in [-0.15, -0.1) is 0 Å². The summed E-state index contributed by atoms with van der Waals surface area (Å²) in [5.74, 6) is 0. The molecule has 0 heterocycles. The second-order valence-corrected chi connectivity index (χ2v) is 20.4. The van der Waals surface area contributed by atoms with Crippen molar-refractivity contribution in [2.45, 2.75) is 64.2 Å². The molecule has 0 saturated carbocycles. The Morgan fingerprint density at radius 3 is 1.28 bits per heavy atom. The van der Waals surface area contributed by atoms with Gasteiger partial charge in [-0.3, -0.25) is 0 Å². The summed E-state index contributed by atoms with van der Waals surface area (Å²) in [7, 11) is -2.35. The number of methoxy groups -OCH3 is 2. The van der Waals surface area contributed by atoms with E-state index in [0.29, 0.717) is 13.6 Å². The minimum atomic E-state index is -2.13. The van der Waals surface area contributed by atoms with Crippen LogP contribution >= 0.6 is 0 Å². The standard InChI is InChI=1S/C16H40O6Si3/c1-17-15-19-11-9-13-23(3,4)21-25(7,8)22-24(5,6)14-10-12-20-16-18-2/h9-16H2,1-8H3. The van der Waals surface area contributed by atoms with Crippen molar-refractivity contribution in [2.75, 3.05) is 41.0 Å². The lowest BCUT2D eigenvalue weighted by atomic mass is 10.5. The normalized spacial score (nSPS) is 13.4. The van der Waals surface area contributed by atoms with Gasteiger partial charge < -0.3 is 27.2 Å². The zero-order valence-corrected chi connectivity index (χ0v) is 20.6. The molecule has 0 N–H and O–H groups in total. The lowest BCUT2D eigenvalue weighted by Gasteiger charge is -2.38. The first-order valence-electron chi connectivity index (χ1n) is 9.07. The first kappa shape index (κ1) is 25.4. The molecule has 0 bridgehead atoms. The zero-order valence-electron chi connectivity index (χ0n) is 17.6. The summed E-state index contributed by atoms with van der Waals surface area (Å²) in [5, 5.41) is 0. The molecule has 0 fully saturated rings. The Kier molecular flexibility index (Phi) is 12.9. The maximum atomic E-state index is 6.56. The smallest absolute Gasteiger partial charge is 0.311 e. The van der Waals surface area contributed by atoms with Gasteiger partial charge in [0.05, 0.1) is 0 Å². The average molecular weight is 413 g/mol. The van der Waals surface area contributed by atoms with Gasteiger partial charge >= 0.3 is 8.56 Å². The molecular formula is C16H40O6Si3. The molecule has 0 atom stereocenters. The van der Waals surface area contributed by atoms with E-state index in [1.165, 1.54) is 0 Å². The number of hydrogen-bond acceptors (Lipinski definition) is 6. The summed E-state index contributed by atoms with van der Waals surface area (Å²) in [5.41, 5.74) is 0. The molecule has 0 unspecified atom stereocenters. The molecule has 0 aromatic rings. The van der Waals surface area contributed by atoms with Gasteiger partial charge in [0.2, 0.25) is 0 Å². The first-order chi connectivity index (χ1) is 11.5. The van der Waals surface area contributed by atoms with Crippen LogP contribution in [0.25, 0.3) is 0 Å². The van der Waals surface area contributed by atoms with Crippen LogP contribution in [-0.2, 0) is 27.2 Å². The van der Waals surface area contributed by atoms with Crippen LogP contribution in [0.2, 0.25) is 51.4 Å². The minimum Gasteiger partial charge on any atom is -0.437 e. The summed E-state index contributed by atoms with van der Waals surface area (Å²) < 4.78 is 33.7. The van der Waals surface area contributed by atoms with Crippen molar-refractivity contribution in [1.82, 2.24) is 0 Å². The molecule has 0 aromatic heterocycles. The lowest BCUT2D eigenvalue weighted by Crippen LogP contribution is -2.52. The molecule has 152 valence electrons. The molecule has 6 nitrogen and oxygen atoms in total. The van der Waals surface area contributed by atoms with Gasteiger partial charge in [0.15, 0.2) is 16.6 Å². The highest BCUT2D eigenvalue weighted by molar-refractivity contribution is 6.87. The van der Waals surface area contributed by atoms with E-state index in [0.717, 1.165) is 38.1 Å². The van der Waals surface area contributed by atoms with E-state index in [4.69, 9.17) is 27.2 Å². The highest BCUT2D eigenvalue weighted by Crippen LogP contribution is 2.26. The fraction of sp³-hybridized carbons (Fsp3) is 1.00. The number of rotatable bonds is 16. The van der Waals surface area contributed by atoms with E-state index in [-0.39, 0.29) is 0 Å². The Bertz CT molecular complexity index is 310. The zero-order chi connectivity index (χ0) is 19.4. The minimum absolute atomic E-state index is 0.361. The maximum Gasteiger partial charge on any atom is 0.311 e. The fourth-order valence-electron chi connectivity index (χ4n) is 2.94. The van der Waals surface area contributed by atoms with Gasteiger partial charge in [-0.2, -0.15) is 0 Å². The van der Waals surface area contributed by atoms with Gasteiger partial charge in [-0.25, -0.2) is 0 Å². The van der Waals surface area contributed by atoms with Crippen LogP contribution in [0, 0.1) is 0 Å². The quantitative estimate of drug-likeness (QED) is 0.216. The van der Waals surface area contributed by atoms with Gasteiger partial charge in [-0.1, -0.05) is 0 Å². The van der Waals surface area contributed by atoms with Crippen molar-refractivity contribution in [3.8, 4) is 0 Å². The predicted octanol–water partition coefficient (Wildman–Crippen LogP) is 4.15. The van der Waals surface area contributed by atoms with Crippen molar-refractivity contribution < 1.29 is 27.2 Å². The number of ether oxygens (including phenoxy) is 4. The van der Waals surface area contributed by atoms with Gasteiger partial charge in [0.25, 0.3) is 0 Å². The second kappa shape index (κ2) is 12.7. The van der Waals surface area contributed by atoms with Crippen molar-refractivity contribution >= 4 is 25.2 Å². The molecule has 0 saturated heterocycles. The van der Waals surface area contributed by atoms with Gasteiger partial charge in [-0.05, 0) is 64.2 Å². The van der Waals surface area contributed by atoms with Crippen molar-refractivity contribution in [3.05, 3.63) is 0 Å². The topological polar surface area (TPSA) is 55.4 Å². The summed E-state index contributed by atoms with van der Waals surface area (Å²) in [6.45, 7) is 15.6. The van der Waals surface area contributed by atoms with Crippen molar-refractivity contribution in [2.24, 2.45) is 0 Å². The lowest BCUT2D eigenvalue weighted by molar-refractivity contribution is -0.0303. The van der Waals surface area contributed by atoms with E-state index < -0.39 is 25.2 Å². The summed E-state index contributed by atoms with van der Waals surface area (Å²) in [6.07, 6.45) is 2.01. The highest BCUT2D eigenvalue weighted by Gasteiger charge is 2.39. The maximum absolute atomic E-state index is 6.56. The van der Waals surface area contributed by atoms with Crippen molar-refractivity contribution in [3.63, 3.8) is 0 Å². The molecule has 0 radical (unpaired) electrons. The van der Waals surface area contributed by atoms with Crippen LogP contribution in [0.5, 0.6) is 0 Å². The van der Waals surface area contributed by atoms with Crippen LogP contribution in [0.1, 0.15) is 12.8 Å². The third kappa shape index (κ3) is 15.2. The van der Waals surface area contributed by atoms with Gasteiger partial charge in [0, 0.05) is 27.4 Å². The van der Waals surface area contributed by atoms with Crippen molar-refractivity contribution in [1.29, 1.82) is 0 Å². The molecule has 0 amide bonds. The third-order valence-corrected chi connectivity index (χ3v) is 15.1. The summed E-state index contributed by atoms with van der Waals surface area (Å²) >= 11 is 0.